The predicted octanol–water partition coefficient (Wildman–Crippen LogP) is 4.08. The molecule has 3 rings (SSSR count). The Morgan fingerprint density at radius 3 is 2.65 bits per heavy atom. The number of H-pyrrole nitrogens is 1. The number of hydrogen-bond donors (Lipinski definition) is 3. The Morgan fingerprint density at radius 2 is 2.08 bits per heavy atom. The number of para-hydroxylation sites is 1. The van der Waals surface area contributed by atoms with Crippen LogP contribution >= 0.6 is 11.6 Å². The molecule has 26 heavy (non-hydrogen) atoms. The summed E-state index contributed by atoms with van der Waals surface area (Å²) in [6.45, 7) is 0.637. The lowest BCUT2D eigenvalue weighted by atomic mass is 9.85. The quantitative estimate of drug-likeness (QED) is 0.651. The van der Waals surface area contributed by atoms with Gasteiger partial charge in [-0.3, -0.25) is 10.00 Å². The van der Waals surface area contributed by atoms with E-state index in [9.17, 15) is 23.4 Å². The zero-order valence-electron chi connectivity index (χ0n) is 13.8. The molecule has 1 fully saturated rings. The molecule has 0 radical (unpaired) electrons. The van der Waals surface area contributed by atoms with Gasteiger partial charge in [-0.2, -0.15) is 18.3 Å². The fourth-order valence-electron chi connectivity index (χ4n) is 2.98. The number of phenolic OH excluding ortho intramolecular Hbond substituents is 1. The molecule has 1 saturated carbocycles. The van der Waals surface area contributed by atoms with Crippen molar-refractivity contribution in [2.45, 2.75) is 38.2 Å². The van der Waals surface area contributed by atoms with E-state index in [0.29, 0.717) is 18.0 Å². The topological polar surface area (TPSA) is 72.4 Å². The monoisotopic (exact) mass is 389 g/mol. The molecule has 5 nitrogen and oxygen atoms in total. The number of rotatable bonds is 6. The van der Waals surface area contributed by atoms with Gasteiger partial charge in [0.1, 0.15) is 12.0 Å². The third kappa shape index (κ3) is 4.13. The predicted molar refractivity (Wildman–Crippen MR) is 89.4 cm³/mol. The molecular formula is C17H19ClF3N3O2. The first kappa shape index (κ1) is 19.0. The molecule has 0 amide bonds. The number of alkyl halides is 3. The highest BCUT2D eigenvalue weighted by Crippen LogP contribution is 2.34. The minimum atomic E-state index is -4.58. The van der Waals surface area contributed by atoms with E-state index >= 15 is 0 Å². The van der Waals surface area contributed by atoms with Crippen molar-refractivity contribution in [3.05, 3.63) is 46.2 Å². The Morgan fingerprint density at radius 1 is 1.35 bits per heavy atom. The molecule has 3 N–H and O–H groups in total. The van der Waals surface area contributed by atoms with E-state index in [4.69, 9.17) is 11.6 Å². The first-order chi connectivity index (χ1) is 12.3. The number of phenols is 1. The third-order valence-electron chi connectivity index (χ3n) is 4.67. The van der Waals surface area contributed by atoms with Crippen molar-refractivity contribution in [3.63, 3.8) is 0 Å². The van der Waals surface area contributed by atoms with Crippen LogP contribution in [0.5, 0.6) is 5.75 Å². The van der Waals surface area contributed by atoms with Gasteiger partial charge in [0.05, 0.1) is 10.7 Å². The molecule has 142 valence electrons. The maximum absolute atomic E-state index is 12.8. The summed E-state index contributed by atoms with van der Waals surface area (Å²) in [6, 6.07) is 5.67. The fourth-order valence-corrected chi connectivity index (χ4v) is 3.17. The molecule has 9 heteroatoms. The molecule has 1 unspecified atom stereocenters. The number of aliphatic hydroxyl groups excluding tert-OH is 1. The number of benzene rings is 1. The third-order valence-corrected chi connectivity index (χ3v) is 4.98. The number of aromatic hydroxyl groups is 1. The van der Waals surface area contributed by atoms with Crippen LogP contribution in [-0.2, 0) is 12.7 Å². The summed E-state index contributed by atoms with van der Waals surface area (Å²) >= 11 is 5.92. The zero-order chi connectivity index (χ0) is 18.9. The van der Waals surface area contributed by atoms with Crippen molar-refractivity contribution in [1.29, 1.82) is 0 Å². The summed E-state index contributed by atoms with van der Waals surface area (Å²) in [7, 11) is 0. The first-order valence-electron chi connectivity index (χ1n) is 8.26. The van der Waals surface area contributed by atoms with Crippen molar-refractivity contribution < 1.29 is 23.4 Å². The Balaban J connectivity index is 1.82. The Kier molecular flexibility index (Phi) is 5.45. The normalized spacial score (nSPS) is 16.7. The van der Waals surface area contributed by atoms with Crippen molar-refractivity contribution in [2.75, 3.05) is 6.54 Å². The SMILES string of the molecule is Oc1c(Cl)cccc1CN(CC1CCC1)C(O)c1cc(C(F)(F)F)n[nH]1. The summed E-state index contributed by atoms with van der Waals surface area (Å²) in [5.74, 6) is 0.261. The van der Waals surface area contributed by atoms with E-state index in [1.54, 1.807) is 17.0 Å². The molecule has 1 heterocycles. The molecule has 1 aromatic carbocycles. The molecule has 0 saturated heterocycles. The molecule has 0 spiro atoms. The second kappa shape index (κ2) is 7.46. The van der Waals surface area contributed by atoms with Gasteiger partial charge >= 0.3 is 6.18 Å². The van der Waals surface area contributed by atoms with Crippen molar-refractivity contribution in [1.82, 2.24) is 15.1 Å². The molecular weight excluding hydrogens is 371 g/mol. The van der Waals surface area contributed by atoms with Gasteiger partial charge in [0.25, 0.3) is 0 Å². The Hall–Kier alpha value is -1.77. The van der Waals surface area contributed by atoms with Crippen LogP contribution in [-0.4, -0.2) is 31.9 Å². The average Bonchev–Trinajstić information content (AvgIpc) is 3.03. The number of aromatic amines is 1. The highest BCUT2D eigenvalue weighted by molar-refractivity contribution is 6.32. The van der Waals surface area contributed by atoms with E-state index in [1.807, 2.05) is 0 Å². The van der Waals surface area contributed by atoms with Gasteiger partial charge in [0.2, 0.25) is 0 Å². The minimum absolute atomic E-state index is 0.0434. The van der Waals surface area contributed by atoms with Crippen LogP contribution in [0.25, 0.3) is 0 Å². The van der Waals surface area contributed by atoms with Gasteiger partial charge in [0, 0.05) is 18.7 Å². The van der Waals surface area contributed by atoms with Crippen molar-refractivity contribution in [3.8, 4) is 5.75 Å². The van der Waals surface area contributed by atoms with Gasteiger partial charge in [-0.15, -0.1) is 0 Å². The van der Waals surface area contributed by atoms with Crippen LogP contribution in [0.3, 0.4) is 0 Å². The van der Waals surface area contributed by atoms with Crippen LogP contribution in [0.1, 0.15) is 42.4 Å². The van der Waals surface area contributed by atoms with E-state index in [0.717, 1.165) is 25.3 Å². The van der Waals surface area contributed by atoms with Gasteiger partial charge in [-0.25, -0.2) is 0 Å². The number of aromatic nitrogens is 2. The number of nitrogens with one attached hydrogen (secondary N) is 1. The lowest BCUT2D eigenvalue weighted by Crippen LogP contribution is -2.35. The Labute approximate surface area is 153 Å². The molecule has 2 aromatic rings. The van der Waals surface area contributed by atoms with Crippen LogP contribution < -0.4 is 0 Å². The fraction of sp³-hybridized carbons (Fsp3) is 0.471. The number of halogens is 4. The van der Waals surface area contributed by atoms with Crippen LogP contribution in [0.15, 0.2) is 24.3 Å². The van der Waals surface area contributed by atoms with Crippen molar-refractivity contribution >= 4 is 11.6 Å². The van der Waals surface area contributed by atoms with Gasteiger partial charge in [0.15, 0.2) is 5.69 Å². The van der Waals surface area contributed by atoms with E-state index in [1.165, 1.54) is 6.07 Å². The molecule has 1 aromatic heterocycles. The summed E-state index contributed by atoms with van der Waals surface area (Å²) in [4.78, 5) is 1.61. The molecule has 1 atom stereocenters. The van der Waals surface area contributed by atoms with Gasteiger partial charge < -0.3 is 10.2 Å². The Bertz CT molecular complexity index is 762. The lowest BCUT2D eigenvalue weighted by molar-refractivity contribution is -0.141. The smallest absolute Gasteiger partial charge is 0.435 e. The maximum Gasteiger partial charge on any atom is 0.435 e. The van der Waals surface area contributed by atoms with Crippen LogP contribution in [0.2, 0.25) is 5.02 Å². The highest BCUT2D eigenvalue weighted by atomic mass is 35.5. The van der Waals surface area contributed by atoms with Crippen LogP contribution in [0.4, 0.5) is 13.2 Å². The molecule has 0 aliphatic heterocycles. The highest BCUT2D eigenvalue weighted by Gasteiger charge is 2.35. The van der Waals surface area contributed by atoms with Crippen molar-refractivity contribution in [2.24, 2.45) is 5.92 Å². The number of aliphatic hydroxyl groups is 1. The molecule has 0 bridgehead atoms. The largest absolute Gasteiger partial charge is 0.506 e. The average molecular weight is 390 g/mol. The minimum Gasteiger partial charge on any atom is -0.506 e. The first-order valence-corrected chi connectivity index (χ1v) is 8.64. The second-order valence-corrected chi connectivity index (χ2v) is 6.96. The molecule has 1 aliphatic rings. The number of nitrogens with zero attached hydrogens (tertiary/aromatic N) is 2. The van der Waals surface area contributed by atoms with E-state index in [2.05, 4.69) is 10.2 Å². The molecule has 1 aliphatic carbocycles. The second-order valence-electron chi connectivity index (χ2n) is 6.55. The standard InChI is InChI=1S/C17H19ClF3N3O2/c18-12-6-2-5-11(15(12)25)9-24(8-10-3-1-4-10)16(26)13-7-14(23-22-13)17(19,20)21/h2,5-7,10,16,25-26H,1,3-4,8-9H2,(H,22,23). The zero-order valence-corrected chi connectivity index (χ0v) is 14.6. The van der Waals surface area contributed by atoms with Gasteiger partial charge in [-0.05, 0) is 30.9 Å². The number of hydrogen-bond acceptors (Lipinski definition) is 4. The van der Waals surface area contributed by atoms with Gasteiger partial charge in [-0.1, -0.05) is 30.2 Å². The maximum atomic E-state index is 12.8. The van der Waals surface area contributed by atoms with E-state index in [-0.39, 0.29) is 23.0 Å². The summed E-state index contributed by atoms with van der Waals surface area (Å²) in [5.41, 5.74) is -0.634. The summed E-state index contributed by atoms with van der Waals surface area (Å²) in [6.07, 6.45) is -2.79. The van der Waals surface area contributed by atoms with Crippen LogP contribution in [0, 0.1) is 5.92 Å². The van der Waals surface area contributed by atoms with E-state index < -0.39 is 18.1 Å². The summed E-state index contributed by atoms with van der Waals surface area (Å²) in [5, 5.41) is 26.4. The lowest BCUT2D eigenvalue weighted by Gasteiger charge is -2.35. The summed E-state index contributed by atoms with van der Waals surface area (Å²) < 4.78 is 38.3.